The number of aromatic nitrogens is 2. The van der Waals surface area contributed by atoms with Crippen LogP contribution in [0.4, 0.5) is 5.69 Å². The lowest BCUT2D eigenvalue weighted by atomic mass is 10.2. The van der Waals surface area contributed by atoms with Crippen LogP contribution in [0.15, 0.2) is 24.4 Å². The molecule has 0 fully saturated rings. The molecular weight excluding hydrogens is 152 g/mol. The van der Waals surface area contributed by atoms with E-state index in [1.807, 2.05) is 31.4 Å². The molecule has 0 saturated heterocycles. The number of hydrogen-bond acceptors (Lipinski definition) is 3. The highest BCUT2D eigenvalue weighted by Gasteiger charge is 1.97. The molecule has 0 unspecified atom stereocenters. The van der Waals surface area contributed by atoms with Gasteiger partial charge in [0.15, 0.2) is 0 Å². The summed E-state index contributed by atoms with van der Waals surface area (Å²) in [6.45, 7) is 0. The standard InChI is InChI=1S/C8H10N4/c1-12-5-6-2-3-7(10-9)4-8(6)11-12/h2-5,10H,9H2,1H3. The van der Waals surface area contributed by atoms with Crippen LogP contribution in [0.3, 0.4) is 0 Å². The molecule has 0 bridgehead atoms. The Hall–Kier alpha value is -1.55. The molecule has 0 radical (unpaired) electrons. The maximum atomic E-state index is 5.26. The number of anilines is 1. The molecule has 1 aromatic heterocycles. The summed E-state index contributed by atoms with van der Waals surface area (Å²) in [4.78, 5) is 0. The maximum Gasteiger partial charge on any atom is 0.0944 e. The number of nitrogens with two attached hydrogens (primary N) is 1. The summed E-state index contributed by atoms with van der Waals surface area (Å²) in [5, 5.41) is 5.36. The van der Waals surface area contributed by atoms with Crippen molar-refractivity contribution in [2.75, 3.05) is 5.43 Å². The van der Waals surface area contributed by atoms with Crippen molar-refractivity contribution in [2.24, 2.45) is 12.9 Å². The summed E-state index contributed by atoms with van der Waals surface area (Å²) in [5.74, 6) is 5.26. The number of nitrogen functional groups attached to an aromatic ring is 1. The van der Waals surface area contributed by atoms with Crippen molar-refractivity contribution in [3.8, 4) is 0 Å². The van der Waals surface area contributed by atoms with Crippen molar-refractivity contribution in [2.45, 2.75) is 0 Å². The van der Waals surface area contributed by atoms with Crippen LogP contribution < -0.4 is 11.3 Å². The first-order valence-corrected chi connectivity index (χ1v) is 3.69. The van der Waals surface area contributed by atoms with E-state index < -0.39 is 0 Å². The molecule has 0 aliphatic carbocycles. The predicted octanol–water partition coefficient (Wildman–Crippen LogP) is 0.859. The van der Waals surface area contributed by atoms with Crippen LogP contribution in [0.1, 0.15) is 0 Å². The van der Waals surface area contributed by atoms with E-state index in [2.05, 4.69) is 10.5 Å². The van der Waals surface area contributed by atoms with Crippen molar-refractivity contribution in [3.63, 3.8) is 0 Å². The maximum absolute atomic E-state index is 5.26. The minimum Gasteiger partial charge on any atom is -0.324 e. The largest absolute Gasteiger partial charge is 0.324 e. The number of fused-ring (bicyclic) bond motifs is 1. The van der Waals surface area contributed by atoms with Gasteiger partial charge in [-0.05, 0) is 18.2 Å². The zero-order valence-electron chi connectivity index (χ0n) is 6.78. The molecule has 0 amide bonds. The highest BCUT2D eigenvalue weighted by molar-refractivity contribution is 5.81. The summed E-state index contributed by atoms with van der Waals surface area (Å²) in [6.07, 6.45) is 1.97. The van der Waals surface area contributed by atoms with E-state index >= 15 is 0 Å². The third kappa shape index (κ3) is 1.02. The van der Waals surface area contributed by atoms with Gasteiger partial charge < -0.3 is 5.43 Å². The summed E-state index contributed by atoms with van der Waals surface area (Å²) < 4.78 is 1.78. The molecule has 62 valence electrons. The molecule has 4 heteroatoms. The SMILES string of the molecule is Cn1cc2ccc(NN)cc2n1. The number of aryl methyl sites for hydroxylation is 1. The fourth-order valence-corrected chi connectivity index (χ4v) is 1.23. The number of rotatable bonds is 1. The third-order valence-corrected chi connectivity index (χ3v) is 1.79. The minimum absolute atomic E-state index is 0.876. The lowest BCUT2D eigenvalue weighted by Gasteiger charge is -1.96. The number of hydrogen-bond donors (Lipinski definition) is 2. The van der Waals surface area contributed by atoms with E-state index in [4.69, 9.17) is 5.84 Å². The Balaban J connectivity index is 2.66. The molecule has 4 nitrogen and oxygen atoms in total. The first-order chi connectivity index (χ1) is 5.79. The van der Waals surface area contributed by atoms with Crippen LogP contribution in [-0.4, -0.2) is 9.78 Å². The third-order valence-electron chi connectivity index (χ3n) is 1.79. The lowest BCUT2D eigenvalue weighted by Crippen LogP contribution is -2.05. The second kappa shape index (κ2) is 2.49. The number of benzene rings is 1. The molecule has 1 heterocycles. The monoisotopic (exact) mass is 162 g/mol. The first kappa shape index (κ1) is 7.12. The molecule has 0 aliphatic rings. The highest BCUT2D eigenvalue weighted by atomic mass is 15.2. The van der Waals surface area contributed by atoms with Crippen molar-refractivity contribution in [1.82, 2.24) is 9.78 Å². The Morgan fingerprint density at radius 3 is 3.08 bits per heavy atom. The lowest BCUT2D eigenvalue weighted by molar-refractivity contribution is 0.780. The molecule has 2 rings (SSSR count). The van der Waals surface area contributed by atoms with Crippen LogP contribution in [0, 0.1) is 0 Å². The first-order valence-electron chi connectivity index (χ1n) is 3.69. The smallest absolute Gasteiger partial charge is 0.0944 e. The molecule has 0 atom stereocenters. The molecular formula is C8H10N4. The van der Waals surface area contributed by atoms with E-state index in [1.165, 1.54) is 0 Å². The van der Waals surface area contributed by atoms with E-state index in [0.717, 1.165) is 16.6 Å². The van der Waals surface area contributed by atoms with Crippen LogP contribution in [0.2, 0.25) is 0 Å². The highest BCUT2D eigenvalue weighted by Crippen LogP contribution is 2.16. The second-order valence-electron chi connectivity index (χ2n) is 2.72. The van der Waals surface area contributed by atoms with Gasteiger partial charge in [-0.1, -0.05) is 0 Å². The molecule has 0 aliphatic heterocycles. The topological polar surface area (TPSA) is 55.9 Å². The number of nitrogens with one attached hydrogen (secondary N) is 1. The minimum atomic E-state index is 0.876. The summed E-state index contributed by atoms with van der Waals surface area (Å²) >= 11 is 0. The fraction of sp³-hybridized carbons (Fsp3) is 0.125. The van der Waals surface area contributed by atoms with Gasteiger partial charge in [0.05, 0.1) is 11.2 Å². The Labute approximate surface area is 69.9 Å². The van der Waals surface area contributed by atoms with E-state index in [9.17, 15) is 0 Å². The van der Waals surface area contributed by atoms with Gasteiger partial charge in [0.25, 0.3) is 0 Å². The van der Waals surface area contributed by atoms with Crippen LogP contribution in [0.25, 0.3) is 10.9 Å². The van der Waals surface area contributed by atoms with Gasteiger partial charge in [-0.3, -0.25) is 10.5 Å². The van der Waals surface area contributed by atoms with Gasteiger partial charge in [0.1, 0.15) is 0 Å². The number of nitrogens with zero attached hydrogens (tertiary/aromatic N) is 2. The summed E-state index contributed by atoms with van der Waals surface area (Å²) in [5.41, 5.74) is 4.41. The predicted molar refractivity (Wildman–Crippen MR) is 48.5 cm³/mol. The quantitative estimate of drug-likeness (QED) is 0.483. The Kier molecular flexibility index (Phi) is 1.48. The van der Waals surface area contributed by atoms with Crippen molar-refractivity contribution >= 4 is 16.6 Å². The van der Waals surface area contributed by atoms with Crippen LogP contribution in [0.5, 0.6) is 0 Å². The Morgan fingerprint density at radius 2 is 2.33 bits per heavy atom. The van der Waals surface area contributed by atoms with Gasteiger partial charge in [-0.25, -0.2) is 0 Å². The number of hydrazine groups is 1. The Morgan fingerprint density at radius 1 is 1.50 bits per heavy atom. The van der Waals surface area contributed by atoms with Gasteiger partial charge in [0, 0.05) is 18.6 Å². The fourth-order valence-electron chi connectivity index (χ4n) is 1.23. The molecule has 1 aromatic carbocycles. The second-order valence-corrected chi connectivity index (χ2v) is 2.72. The van der Waals surface area contributed by atoms with E-state index in [-0.39, 0.29) is 0 Å². The summed E-state index contributed by atoms with van der Waals surface area (Å²) in [7, 11) is 1.90. The van der Waals surface area contributed by atoms with Gasteiger partial charge >= 0.3 is 0 Å². The molecule has 0 saturated carbocycles. The van der Waals surface area contributed by atoms with Gasteiger partial charge in [-0.2, -0.15) is 5.10 Å². The van der Waals surface area contributed by atoms with E-state index in [0.29, 0.717) is 0 Å². The van der Waals surface area contributed by atoms with Crippen molar-refractivity contribution in [3.05, 3.63) is 24.4 Å². The molecule has 0 spiro atoms. The average molecular weight is 162 g/mol. The average Bonchev–Trinajstić information content (AvgIpc) is 2.43. The molecule has 12 heavy (non-hydrogen) atoms. The zero-order chi connectivity index (χ0) is 8.55. The van der Waals surface area contributed by atoms with Crippen LogP contribution >= 0.6 is 0 Å². The van der Waals surface area contributed by atoms with Gasteiger partial charge in [-0.15, -0.1) is 0 Å². The van der Waals surface area contributed by atoms with Crippen molar-refractivity contribution < 1.29 is 0 Å². The normalized spacial score (nSPS) is 10.5. The van der Waals surface area contributed by atoms with Crippen LogP contribution in [-0.2, 0) is 7.05 Å². The molecule has 3 N–H and O–H groups in total. The molecule has 2 aromatic rings. The van der Waals surface area contributed by atoms with Gasteiger partial charge in [0.2, 0.25) is 0 Å². The summed E-state index contributed by atoms with van der Waals surface area (Å²) in [6, 6.07) is 5.82. The van der Waals surface area contributed by atoms with E-state index in [1.54, 1.807) is 4.68 Å². The van der Waals surface area contributed by atoms with Crippen molar-refractivity contribution in [1.29, 1.82) is 0 Å². The zero-order valence-corrected chi connectivity index (χ0v) is 6.78. The Bertz CT molecular complexity index is 404.